The van der Waals surface area contributed by atoms with Crippen LogP contribution in [0.25, 0.3) is 6.08 Å². The third kappa shape index (κ3) is 5.84. The van der Waals surface area contributed by atoms with Gasteiger partial charge in [0, 0.05) is 21.3 Å². The van der Waals surface area contributed by atoms with Crippen LogP contribution in [0.3, 0.4) is 0 Å². The van der Waals surface area contributed by atoms with Crippen molar-refractivity contribution in [3.63, 3.8) is 0 Å². The second-order valence-electron chi connectivity index (χ2n) is 6.23. The van der Waals surface area contributed by atoms with Crippen LogP contribution in [0.1, 0.15) is 11.1 Å². The lowest BCUT2D eigenvalue weighted by molar-refractivity contribution is -0.112. The summed E-state index contributed by atoms with van der Waals surface area (Å²) in [5.74, 6) is -0.463. The number of amides is 1. The number of nitrogens with one attached hydrogen (secondary N) is 1. The van der Waals surface area contributed by atoms with Crippen molar-refractivity contribution < 1.29 is 13.9 Å². The van der Waals surface area contributed by atoms with Crippen LogP contribution in [0.4, 0.5) is 10.1 Å². The van der Waals surface area contributed by atoms with E-state index in [4.69, 9.17) is 27.9 Å². The number of rotatable bonds is 6. The lowest BCUT2D eigenvalue weighted by atomic mass is 10.1. The quantitative estimate of drug-likeness (QED) is 0.363. The molecule has 30 heavy (non-hydrogen) atoms. The fraction of sp³-hybridized carbons (Fsp3) is 0.0435. The first kappa shape index (κ1) is 21.4. The Labute approximate surface area is 183 Å². The van der Waals surface area contributed by atoms with Gasteiger partial charge >= 0.3 is 0 Å². The Bertz CT molecular complexity index is 1140. The zero-order valence-corrected chi connectivity index (χ0v) is 17.0. The summed E-state index contributed by atoms with van der Waals surface area (Å²) in [5, 5.41) is 13.0. The Kier molecular flexibility index (Phi) is 7.08. The molecule has 0 heterocycles. The summed E-state index contributed by atoms with van der Waals surface area (Å²) in [5.41, 5.74) is 1.68. The summed E-state index contributed by atoms with van der Waals surface area (Å²) in [7, 11) is 0. The van der Waals surface area contributed by atoms with Crippen molar-refractivity contribution in [1.82, 2.24) is 0 Å². The number of hydrogen-bond donors (Lipinski definition) is 1. The van der Waals surface area contributed by atoms with Crippen LogP contribution in [-0.4, -0.2) is 5.91 Å². The first-order valence-corrected chi connectivity index (χ1v) is 9.56. The minimum absolute atomic E-state index is 0.0998. The summed E-state index contributed by atoms with van der Waals surface area (Å²) in [4.78, 5) is 12.3. The highest BCUT2D eigenvalue weighted by Crippen LogP contribution is 2.23. The molecule has 4 nitrogen and oxygen atoms in total. The van der Waals surface area contributed by atoms with Crippen molar-refractivity contribution in [1.29, 1.82) is 5.26 Å². The first-order valence-electron chi connectivity index (χ1n) is 8.80. The van der Waals surface area contributed by atoms with Gasteiger partial charge in [-0.1, -0.05) is 41.4 Å². The highest BCUT2D eigenvalue weighted by molar-refractivity contribution is 6.35. The summed E-state index contributed by atoms with van der Waals surface area (Å²) in [6, 6.07) is 19.2. The van der Waals surface area contributed by atoms with Crippen LogP contribution in [0.15, 0.2) is 72.3 Å². The molecule has 0 aliphatic heterocycles. The van der Waals surface area contributed by atoms with E-state index in [-0.39, 0.29) is 12.2 Å². The second kappa shape index (κ2) is 9.93. The number of benzene rings is 3. The molecule has 0 aromatic heterocycles. The number of nitriles is 1. The van der Waals surface area contributed by atoms with Gasteiger partial charge in [0.1, 0.15) is 29.8 Å². The maximum Gasteiger partial charge on any atom is 0.266 e. The second-order valence-corrected chi connectivity index (χ2v) is 7.07. The molecule has 0 radical (unpaired) electrons. The molecular weight excluding hydrogens is 426 g/mol. The number of carbonyl (C=O) groups is 1. The van der Waals surface area contributed by atoms with E-state index >= 15 is 0 Å². The molecule has 150 valence electrons. The number of hydrogen-bond acceptors (Lipinski definition) is 3. The number of carbonyl (C=O) groups excluding carboxylic acids is 1. The number of ether oxygens (including phenoxy) is 1. The van der Waals surface area contributed by atoms with Crippen molar-refractivity contribution in [2.75, 3.05) is 5.32 Å². The molecule has 7 heteroatoms. The van der Waals surface area contributed by atoms with Gasteiger partial charge in [-0.15, -0.1) is 0 Å². The molecule has 0 saturated carbocycles. The molecule has 0 aliphatic rings. The smallest absolute Gasteiger partial charge is 0.266 e. The van der Waals surface area contributed by atoms with Crippen LogP contribution in [0.2, 0.25) is 10.0 Å². The van der Waals surface area contributed by atoms with E-state index in [1.54, 1.807) is 42.5 Å². The fourth-order valence-corrected chi connectivity index (χ4v) is 3.00. The van der Waals surface area contributed by atoms with Crippen molar-refractivity contribution >= 4 is 40.9 Å². The van der Waals surface area contributed by atoms with Crippen LogP contribution in [0.5, 0.6) is 5.75 Å². The van der Waals surface area contributed by atoms with E-state index in [9.17, 15) is 14.4 Å². The Morgan fingerprint density at radius 1 is 1.10 bits per heavy atom. The average Bonchev–Trinajstić information content (AvgIpc) is 2.73. The Hall–Kier alpha value is -3.33. The van der Waals surface area contributed by atoms with Crippen molar-refractivity contribution in [2.24, 2.45) is 0 Å². The van der Waals surface area contributed by atoms with Crippen LogP contribution in [-0.2, 0) is 11.4 Å². The maximum atomic E-state index is 13.0. The molecule has 0 bridgehead atoms. The average molecular weight is 441 g/mol. The van der Waals surface area contributed by atoms with Gasteiger partial charge in [-0.25, -0.2) is 4.39 Å². The molecule has 0 atom stereocenters. The number of anilines is 1. The number of nitrogens with zero attached hydrogens (tertiary/aromatic N) is 1. The van der Waals surface area contributed by atoms with Crippen LogP contribution in [0, 0.1) is 17.1 Å². The predicted octanol–water partition coefficient (Wildman–Crippen LogP) is 6.26. The highest BCUT2D eigenvalue weighted by Gasteiger charge is 2.10. The minimum atomic E-state index is -0.594. The standard InChI is InChI=1S/C23H15Cl2FN2O2/c24-18-5-4-16(22(25)12-18)14-30-21-3-1-2-15(11-21)10-17(13-27)23(29)28-20-8-6-19(26)7-9-20/h1-12H,14H2,(H,28,29)/b17-10-. The molecule has 3 rings (SSSR count). The van der Waals surface area contributed by atoms with Gasteiger partial charge in [-0.3, -0.25) is 4.79 Å². The van der Waals surface area contributed by atoms with Gasteiger partial charge in [0.05, 0.1) is 0 Å². The molecule has 0 spiro atoms. The molecular formula is C23H15Cl2FN2O2. The molecule has 1 amide bonds. The van der Waals surface area contributed by atoms with E-state index in [1.807, 2.05) is 6.07 Å². The van der Waals surface area contributed by atoms with E-state index in [1.165, 1.54) is 30.3 Å². The zero-order chi connectivity index (χ0) is 21.5. The van der Waals surface area contributed by atoms with E-state index in [0.29, 0.717) is 27.0 Å². The third-order valence-electron chi connectivity index (χ3n) is 4.05. The molecule has 0 saturated heterocycles. The Balaban J connectivity index is 1.71. The summed E-state index contributed by atoms with van der Waals surface area (Å²) in [6.45, 7) is 0.235. The molecule has 0 fully saturated rings. The van der Waals surface area contributed by atoms with Crippen molar-refractivity contribution in [3.05, 3.63) is 99.3 Å². The lowest BCUT2D eigenvalue weighted by Crippen LogP contribution is -2.13. The highest BCUT2D eigenvalue weighted by atomic mass is 35.5. The van der Waals surface area contributed by atoms with Gasteiger partial charge in [-0.05, 0) is 60.2 Å². The van der Waals surface area contributed by atoms with Crippen LogP contribution >= 0.6 is 23.2 Å². The monoisotopic (exact) mass is 440 g/mol. The molecule has 3 aromatic rings. The SMILES string of the molecule is N#C/C(=C/c1cccc(OCc2ccc(Cl)cc2Cl)c1)C(=O)Nc1ccc(F)cc1. The Morgan fingerprint density at radius 2 is 1.87 bits per heavy atom. The lowest BCUT2D eigenvalue weighted by Gasteiger charge is -2.09. The molecule has 0 aliphatic carbocycles. The fourth-order valence-electron chi connectivity index (χ4n) is 2.54. The summed E-state index contributed by atoms with van der Waals surface area (Å²) >= 11 is 12.0. The molecule has 3 aromatic carbocycles. The van der Waals surface area contributed by atoms with E-state index in [2.05, 4.69) is 5.32 Å². The largest absolute Gasteiger partial charge is 0.489 e. The maximum absolute atomic E-state index is 13.0. The molecule has 1 N–H and O–H groups in total. The first-order chi connectivity index (χ1) is 14.4. The van der Waals surface area contributed by atoms with Gasteiger partial charge in [0.25, 0.3) is 5.91 Å². The zero-order valence-electron chi connectivity index (χ0n) is 15.5. The summed E-state index contributed by atoms with van der Waals surface area (Å²) < 4.78 is 18.7. The van der Waals surface area contributed by atoms with Crippen LogP contribution < -0.4 is 10.1 Å². The van der Waals surface area contributed by atoms with Gasteiger partial charge in [-0.2, -0.15) is 5.26 Å². The molecule has 0 unspecified atom stereocenters. The van der Waals surface area contributed by atoms with Crippen molar-refractivity contribution in [3.8, 4) is 11.8 Å². The summed E-state index contributed by atoms with van der Waals surface area (Å²) in [6.07, 6.45) is 1.45. The van der Waals surface area contributed by atoms with Gasteiger partial charge < -0.3 is 10.1 Å². The van der Waals surface area contributed by atoms with Crippen molar-refractivity contribution in [2.45, 2.75) is 6.61 Å². The Morgan fingerprint density at radius 3 is 2.57 bits per heavy atom. The minimum Gasteiger partial charge on any atom is -0.489 e. The topological polar surface area (TPSA) is 62.1 Å². The van der Waals surface area contributed by atoms with E-state index < -0.39 is 11.7 Å². The third-order valence-corrected chi connectivity index (χ3v) is 4.63. The number of halogens is 3. The van der Waals surface area contributed by atoms with Gasteiger partial charge in [0.2, 0.25) is 0 Å². The van der Waals surface area contributed by atoms with Gasteiger partial charge in [0.15, 0.2) is 0 Å². The predicted molar refractivity (Wildman–Crippen MR) is 116 cm³/mol. The van der Waals surface area contributed by atoms with E-state index in [0.717, 1.165) is 5.56 Å². The normalized spacial score (nSPS) is 10.9.